The number of nitrogens with zero attached hydrogens (tertiary/aromatic N) is 2. The Bertz CT molecular complexity index is 1160. The summed E-state index contributed by atoms with van der Waals surface area (Å²) in [5.41, 5.74) is 7.28. The molecule has 0 radical (unpaired) electrons. The summed E-state index contributed by atoms with van der Waals surface area (Å²) in [6.07, 6.45) is 0. The number of nitrogens with two attached hydrogens (primary N) is 1. The normalized spacial score (nSPS) is 11.3. The molecule has 0 aliphatic carbocycles. The van der Waals surface area contributed by atoms with Gasteiger partial charge in [0.15, 0.2) is 0 Å². The number of primary amides is 1. The van der Waals surface area contributed by atoms with Crippen molar-refractivity contribution in [1.29, 1.82) is 5.26 Å². The van der Waals surface area contributed by atoms with E-state index in [1.54, 1.807) is 36.4 Å². The molecule has 6 nitrogen and oxygen atoms in total. The number of amides is 2. The van der Waals surface area contributed by atoms with Crippen molar-refractivity contribution in [3.8, 4) is 11.8 Å². The van der Waals surface area contributed by atoms with E-state index in [9.17, 15) is 19.2 Å². The zero-order valence-corrected chi connectivity index (χ0v) is 16.8. The first-order valence-electron chi connectivity index (χ1n) is 9.43. The lowest BCUT2D eigenvalue weighted by Gasteiger charge is -2.26. The Morgan fingerprint density at radius 1 is 1.10 bits per heavy atom. The Kier molecular flexibility index (Phi) is 6.63. The smallest absolute Gasteiger partial charge is 0.254 e. The molecule has 1 atom stereocenters. The summed E-state index contributed by atoms with van der Waals surface area (Å²) in [7, 11) is 1.43. The highest BCUT2D eigenvalue weighted by Crippen LogP contribution is 2.24. The number of rotatable bonds is 7. The maximum Gasteiger partial charge on any atom is 0.254 e. The van der Waals surface area contributed by atoms with Crippen LogP contribution in [0, 0.1) is 17.1 Å². The monoisotopic (exact) mass is 417 g/mol. The zero-order valence-electron chi connectivity index (χ0n) is 16.8. The maximum atomic E-state index is 13.6. The number of ether oxygens (including phenoxy) is 1. The molecule has 0 aliphatic heterocycles. The van der Waals surface area contributed by atoms with Crippen LogP contribution in [0.25, 0.3) is 0 Å². The lowest BCUT2D eigenvalue weighted by molar-refractivity contribution is -0.122. The standard InChI is InChI=1S/C24H20FN3O3/c1-28(22(23(27)29)16-8-4-10-20(25)12-16)24(30)17-9-5-11-21(13-17)31-15-19-7-3-2-6-18(19)14-26/h2-13,22H,15H2,1H3,(H2,27,29). The average Bonchev–Trinajstić information content (AvgIpc) is 2.77. The van der Waals surface area contributed by atoms with Gasteiger partial charge in [0.05, 0.1) is 11.6 Å². The Labute approximate surface area is 179 Å². The van der Waals surface area contributed by atoms with Gasteiger partial charge in [-0.25, -0.2) is 4.39 Å². The molecule has 2 N–H and O–H groups in total. The van der Waals surface area contributed by atoms with Crippen molar-refractivity contribution in [2.75, 3.05) is 7.05 Å². The number of hydrogen-bond donors (Lipinski definition) is 1. The highest BCUT2D eigenvalue weighted by atomic mass is 19.1. The van der Waals surface area contributed by atoms with Crippen LogP contribution >= 0.6 is 0 Å². The molecule has 31 heavy (non-hydrogen) atoms. The van der Waals surface area contributed by atoms with E-state index >= 15 is 0 Å². The molecular weight excluding hydrogens is 397 g/mol. The highest BCUT2D eigenvalue weighted by molar-refractivity contribution is 5.97. The zero-order chi connectivity index (χ0) is 22.4. The van der Waals surface area contributed by atoms with Gasteiger partial charge in [0.2, 0.25) is 5.91 Å². The first kappa shape index (κ1) is 21.5. The fourth-order valence-corrected chi connectivity index (χ4v) is 3.21. The highest BCUT2D eigenvalue weighted by Gasteiger charge is 2.28. The molecule has 3 aromatic rings. The third-order valence-corrected chi connectivity index (χ3v) is 4.75. The van der Waals surface area contributed by atoms with Crippen molar-refractivity contribution in [3.05, 3.63) is 101 Å². The summed E-state index contributed by atoms with van der Waals surface area (Å²) >= 11 is 0. The predicted molar refractivity (Wildman–Crippen MR) is 112 cm³/mol. The SMILES string of the molecule is CN(C(=O)c1cccc(OCc2ccccc2C#N)c1)C(C(N)=O)c1cccc(F)c1. The number of halogens is 1. The van der Waals surface area contributed by atoms with Crippen molar-refractivity contribution in [1.82, 2.24) is 4.90 Å². The van der Waals surface area contributed by atoms with E-state index in [4.69, 9.17) is 10.5 Å². The van der Waals surface area contributed by atoms with E-state index in [2.05, 4.69) is 6.07 Å². The van der Waals surface area contributed by atoms with E-state index in [-0.39, 0.29) is 17.7 Å². The molecule has 0 fully saturated rings. The van der Waals surface area contributed by atoms with Gasteiger partial charge in [0, 0.05) is 18.2 Å². The second-order valence-electron chi connectivity index (χ2n) is 6.86. The van der Waals surface area contributed by atoms with Gasteiger partial charge in [-0.05, 0) is 42.0 Å². The maximum absolute atomic E-state index is 13.6. The summed E-state index contributed by atoms with van der Waals surface area (Å²) in [5, 5.41) is 9.18. The minimum atomic E-state index is -1.13. The minimum Gasteiger partial charge on any atom is -0.489 e. The van der Waals surface area contributed by atoms with E-state index < -0.39 is 23.7 Å². The summed E-state index contributed by atoms with van der Waals surface area (Å²) in [4.78, 5) is 26.2. The molecule has 0 saturated carbocycles. The molecule has 0 aliphatic rings. The summed E-state index contributed by atoms with van der Waals surface area (Å²) < 4.78 is 19.4. The summed E-state index contributed by atoms with van der Waals surface area (Å²) in [6.45, 7) is 0.157. The van der Waals surface area contributed by atoms with E-state index in [0.29, 0.717) is 11.3 Å². The fourth-order valence-electron chi connectivity index (χ4n) is 3.21. The second-order valence-corrected chi connectivity index (χ2v) is 6.86. The third-order valence-electron chi connectivity index (χ3n) is 4.75. The molecule has 3 aromatic carbocycles. The number of carbonyl (C=O) groups excluding carboxylic acids is 2. The van der Waals surface area contributed by atoms with Gasteiger partial charge in [-0.2, -0.15) is 5.26 Å². The molecule has 0 aromatic heterocycles. The van der Waals surface area contributed by atoms with Crippen LogP contribution in [0.15, 0.2) is 72.8 Å². The number of hydrogen-bond acceptors (Lipinski definition) is 4. The van der Waals surface area contributed by atoms with Gasteiger partial charge >= 0.3 is 0 Å². The van der Waals surface area contributed by atoms with Gasteiger partial charge < -0.3 is 15.4 Å². The Morgan fingerprint density at radius 3 is 2.55 bits per heavy atom. The molecule has 2 amide bonds. The van der Waals surface area contributed by atoms with Gasteiger partial charge in [-0.3, -0.25) is 9.59 Å². The molecule has 7 heteroatoms. The van der Waals surface area contributed by atoms with Gasteiger partial charge in [0.1, 0.15) is 24.2 Å². The number of likely N-dealkylation sites (N-methyl/N-ethyl adjacent to an activating group) is 1. The number of nitriles is 1. The molecule has 3 rings (SSSR count). The first-order chi connectivity index (χ1) is 14.9. The predicted octanol–water partition coefficient (Wildman–Crippen LogP) is 3.57. The Hall–Kier alpha value is -4.18. The Balaban J connectivity index is 1.80. The molecule has 1 unspecified atom stereocenters. The number of benzene rings is 3. The Morgan fingerprint density at radius 2 is 1.84 bits per heavy atom. The van der Waals surface area contributed by atoms with E-state index in [0.717, 1.165) is 5.56 Å². The van der Waals surface area contributed by atoms with Crippen LogP contribution in [-0.2, 0) is 11.4 Å². The van der Waals surface area contributed by atoms with Gasteiger partial charge in [-0.15, -0.1) is 0 Å². The van der Waals surface area contributed by atoms with Gasteiger partial charge in [-0.1, -0.05) is 36.4 Å². The van der Waals surface area contributed by atoms with Crippen LogP contribution in [-0.4, -0.2) is 23.8 Å². The van der Waals surface area contributed by atoms with Crippen molar-refractivity contribution in [2.24, 2.45) is 5.73 Å². The molecule has 0 heterocycles. The lowest BCUT2D eigenvalue weighted by atomic mass is 10.0. The van der Waals surface area contributed by atoms with Gasteiger partial charge in [0.25, 0.3) is 5.91 Å². The van der Waals surface area contributed by atoms with Crippen LogP contribution in [0.1, 0.15) is 33.1 Å². The first-order valence-corrected chi connectivity index (χ1v) is 9.43. The van der Waals surface area contributed by atoms with Crippen LogP contribution < -0.4 is 10.5 Å². The quantitative estimate of drug-likeness (QED) is 0.636. The van der Waals surface area contributed by atoms with Crippen molar-refractivity contribution >= 4 is 11.8 Å². The van der Waals surface area contributed by atoms with Crippen molar-refractivity contribution in [3.63, 3.8) is 0 Å². The van der Waals surface area contributed by atoms with E-state index in [1.807, 2.05) is 6.07 Å². The summed E-state index contributed by atoms with van der Waals surface area (Å²) in [5.74, 6) is -1.36. The largest absolute Gasteiger partial charge is 0.489 e. The van der Waals surface area contributed by atoms with Crippen molar-refractivity contribution < 1.29 is 18.7 Å². The minimum absolute atomic E-state index is 0.157. The topological polar surface area (TPSA) is 96.4 Å². The fraction of sp³-hybridized carbons (Fsp3) is 0.125. The molecule has 0 bridgehead atoms. The van der Waals surface area contributed by atoms with Crippen LogP contribution in [0.5, 0.6) is 5.75 Å². The van der Waals surface area contributed by atoms with Crippen LogP contribution in [0.2, 0.25) is 0 Å². The molecule has 0 spiro atoms. The van der Waals surface area contributed by atoms with Crippen molar-refractivity contribution in [2.45, 2.75) is 12.6 Å². The third kappa shape index (κ3) is 5.06. The second kappa shape index (κ2) is 9.55. The number of carbonyl (C=O) groups is 2. The van der Waals surface area contributed by atoms with Crippen LogP contribution in [0.4, 0.5) is 4.39 Å². The molecule has 0 saturated heterocycles. The van der Waals surface area contributed by atoms with Crippen LogP contribution in [0.3, 0.4) is 0 Å². The summed E-state index contributed by atoms with van der Waals surface area (Å²) in [6, 6.07) is 19.9. The molecule has 156 valence electrons. The average molecular weight is 417 g/mol. The van der Waals surface area contributed by atoms with E-state index in [1.165, 1.54) is 42.3 Å². The lowest BCUT2D eigenvalue weighted by Crippen LogP contribution is -2.39. The molecular formula is C24H20FN3O3.